The first-order valence-electron chi connectivity index (χ1n) is 17.2. The highest BCUT2D eigenvalue weighted by molar-refractivity contribution is 7.85. The van der Waals surface area contributed by atoms with Crippen LogP contribution in [0.25, 0.3) is 34.0 Å². The van der Waals surface area contributed by atoms with E-state index in [1.807, 2.05) is 114 Å². The molecule has 0 unspecified atom stereocenters. The number of methoxy groups -OCH3 is 1. The molecule has 0 aliphatic heterocycles. The Morgan fingerprint density at radius 2 is 1.38 bits per heavy atom. The average Bonchev–Trinajstić information content (AvgIpc) is 3.15. The van der Waals surface area contributed by atoms with Crippen molar-refractivity contribution in [3.05, 3.63) is 148 Å². The molecule has 0 saturated heterocycles. The average molecular weight is 730 g/mol. The monoisotopic (exact) mass is 729 g/mol. The Labute approximate surface area is 308 Å². The van der Waals surface area contributed by atoms with Gasteiger partial charge < -0.3 is 18.8 Å². The van der Waals surface area contributed by atoms with Gasteiger partial charge >= 0.3 is 11.9 Å². The van der Waals surface area contributed by atoms with Crippen LogP contribution in [0.3, 0.4) is 0 Å². The maximum absolute atomic E-state index is 14.4. The van der Waals surface area contributed by atoms with Crippen molar-refractivity contribution in [3.63, 3.8) is 0 Å². The van der Waals surface area contributed by atoms with Gasteiger partial charge in [-0.2, -0.15) is 4.57 Å². The molecule has 0 spiro atoms. The number of benzene rings is 5. The lowest BCUT2D eigenvalue weighted by Crippen LogP contribution is -2.37. The molecule has 270 valence electrons. The number of unbranched alkanes of at least 4 members (excludes halogenated alkanes) is 1. The molecule has 9 nitrogen and oxygen atoms in total. The Bertz CT molecular complexity index is 2420. The van der Waals surface area contributed by atoms with E-state index in [0.717, 1.165) is 33.5 Å². The second kappa shape index (κ2) is 16.2. The number of carbonyl (C=O) groups excluding carboxylic acids is 2. The molecule has 0 aliphatic carbocycles. The number of fused-ring (bicyclic) bond motifs is 2. The van der Waals surface area contributed by atoms with Crippen molar-refractivity contribution in [1.29, 1.82) is 0 Å². The minimum absolute atomic E-state index is 0.137. The van der Waals surface area contributed by atoms with Gasteiger partial charge in [0, 0.05) is 24.3 Å². The lowest BCUT2D eigenvalue weighted by Gasteiger charge is -2.15. The van der Waals surface area contributed by atoms with E-state index in [9.17, 15) is 22.6 Å². The van der Waals surface area contributed by atoms with Crippen LogP contribution in [-0.2, 0) is 28.0 Å². The molecule has 0 radical (unpaired) electrons. The van der Waals surface area contributed by atoms with Gasteiger partial charge in [-0.1, -0.05) is 66.7 Å². The van der Waals surface area contributed by atoms with Gasteiger partial charge in [-0.25, -0.2) is 18.0 Å². The maximum Gasteiger partial charge on any atom is 0.345 e. The number of aryl methyl sites for hydroxylation is 3. The van der Waals surface area contributed by atoms with E-state index < -0.39 is 27.8 Å². The third kappa shape index (κ3) is 8.97. The van der Waals surface area contributed by atoms with E-state index in [0.29, 0.717) is 51.7 Å². The lowest BCUT2D eigenvalue weighted by atomic mass is 9.99. The van der Waals surface area contributed by atoms with Gasteiger partial charge in [0.05, 0.1) is 39.1 Å². The van der Waals surface area contributed by atoms with E-state index in [1.165, 1.54) is 0 Å². The zero-order chi connectivity index (χ0) is 37.5. The van der Waals surface area contributed by atoms with Gasteiger partial charge in [0.2, 0.25) is 11.0 Å². The van der Waals surface area contributed by atoms with Crippen LogP contribution in [0.2, 0.25) is 0 Å². The van der Waals surface area contributed by atoms with E-state index in [-0.39, 0.29) is 13.0 Å². The number of pyridine rings is 1. The molecule has 1 aromatic heterocycles. The Hall–Kier alpha value is -5.84. The minimum Gasteiger partial charge on any atom is -0.748 e. The Balaban J connectivity index is 1.38. The molecule has 0 aliphatic rings. The second-order valence-electron chi connectivity index (χ2n) is 12.8. The summed E-state index contributed by atoms with van der Waals surface area (Å²) in [5, 5.41) is 1.28. The number of hydrogen-bond acceptors (Lipinski definition) is 8. The fourth-order valence-corrected chi connectivity index (χ4v) is 6.94. The first-order valence-corrected chi connectivity index (χ1v) is 18.8. The highest BCUT2D eigenvalue weighted by Gasteiger charge is 2.27. The van der Waals surface area contributed by atoms with Crippen molar-refractivity contribution in [2.75, 3.05) is 12.9 Å². The molecule has 6 rings (SSSR count). The molecule has 0 fully saturated rings. The Morgan fingerprint density at radius 3 is 2.08 bits per heavy atom. The largest absolute Gasteiger partial charge is 0.748 e. The van der Waals surface area contributed by atoms with Gasteiger partial charge in [0.1, 0.15) is 24.7 Å². The summed E-state index contributed by atoms with van der Waals surface area (Å²) in [6, 6.07) is 33.7. The molecule has 6 aromatic rings. The molecule has 5 aromatic carbocycles. The molecule has 10 heteroatoms. The third-order valence-electron chi connectivity index (χ3n) is 8.96. The van der Waals surface area contributed by atoms with Gasteiger partial charge in [-0.15, -0.1) is 0 Å². The van der Waals surface area contributed by atoms with Crippen LogP contribution in [0.1, 0.15) is 61.4 Å². The third-order valence-corrected chi connectivity index (χ3v) is 9.75. The minimum atomic E-state index is -4.34. The normalized spacial score (nSPS) is 11.6. The van der Waals surface area contributed by atoms with Crippen LogP contribution in [0.5, 0.6) is 11.5 Å². The van der Waals surface area contributed by atoms with E-state index >= 15 is 0 Å². The first-order chi connectivity index (χ1) is 25.5. The van der Waals surface area contributed by atoms with Gasteiger partial charge in [0.15, 0.2) is 0 Å². The summed E-state index contributed by atoms with van der Waals surface area (Å²) < 4.78 is 52.9. The van der Waals surface area contributed by atoms with Gasteiger partial charge in [-0.05, 0) is 90.6 Å². The molecule has 0 amide bonds. The summed E-state index contributed by atoms with van der Waals surface area (Å²) in [6.07, 6.45) is 4.57. The smallest absolute Gasteiger partial charge is 0.345 e. The Kier molecular flexibility index (Phi) is 11.3. The number of para-hydroxylation sites is 1. The van der Waals surface area contributed by atoms with Crippen molar-refractivity contribution in [3.8, 4) is 11.5 Å². The van der Waals surface area contributed by atoms with Crippen molar-refractivity contribution >= 4 is 56.0 Å². The van der Waals surface area contributed by atoms with Crippen LogP contribution in [-0.4, -0.2) is 37.8 Å². The topological polar surface area (TPSA) is 123 Å². The van der Waals surface area contributed by atoms with E-state index in [1.54, 1.807) is 33.1 Å². The number of nitrogens with zero attached hydrogens (tertiary/aromatic N) is 1. The zero-order valence-corrected chi connectivity index (χ0v) is 30.5. The van der Waals surface area contributed by atoms with Crippen molar-refractivity contribution < 1.29 is 41.3 Å². The predicted molar refractivity (Wildman–Crippen MR) is 204 cm³/mol. The number of rotatable bonds is 13. The molecular weight excluding hydrogens is 691 g/mol. The summed E-state index contributed by atoms with van der Waals surface area (Å²) in [5.74, 6) is -0.402. The summed E-state index contributed by atoms with van der Waals surface area (Å²) in [4.78, 5) is 27.4. The highest BCUT2D eigenvalue weighted by atomic mass is 32.2. The summed E-state index contributed by atoms with van der Waals surface area (Å²) in [6.45, 7) is 4.12. The quantitative estimate of drug-likeness (QED) is 0.0223. The van der Waals surface area contributed by atoms with Crippen LogP contribution in [0.4, 0.5) is 0 Å². The first kappa shape index (κ1) is 36.9. The van der Waals surface area contributed by atoms with Crippen molar-refractivity contribution in [2.24, 2.45) is 0 Å². The molecule has 1 heterocycles. The van der Waals surface area contributed by atoms with Gasteiger partial charge in [0.25, 0.3) is 0 Å². The molecule has 0 atom stereocenters. The fraction of sp³-hybridized carbons (Fsp3) is 0.186. The van der Waals surface area contributed by atoms with Crippen molar-refractivity contribution in [2.45, 2.75) is 39.8 Å². The van der Waals surface area contributed by atoms with Crippen LogP contribution < -0.4 is 14.0 Å². The van der Waals surface area contributed by atoms with Crippen LogP contribution in [0, 0.1) is 13.8 Å². The summed E-state index contributed by atoms with van der Waals surface area (Å²) in [5.41, 5.74) is 6.08. The van der Waals surface area contributed by atoms with Crippen LogP contribution >= 0.6 is 0 Å². The second-order valence-corrected chi connectivity index (χ2v) is 14.3. The number of hydrogen-bond donors (Lipinski definition) is 0. The fourth-order valence-electron chi connectivity index (χ4n) is 6.38. The van der Waals surface area contributed by atoms with Crippen molar-refractivity contribution in [1.82, 2.24) is 0 Å². The van der Waals surface area contributed by atoms with E-state index in [2.05, 4.69) is 0 Å². The van der Waals surface area contributed by atoms with E-state index in [4.69, 9.17) is 14.2 Å². The standard InChI is InChI=1S/C43H39NO8S/c1-29-25-34(42(45)51-28-33-11-5-4-6-12-33)26-30(2)41(29)52-43(46)40-36-13-7-8-14-38(36)44(23-9-10-24-53(47,48)49)39-22-19-32(27-37(39)40)16-15-31-17-20-35(50-3)21-18-31/h4-8,11-22,25-27H,9-10,23-24,28H2,1-3H3/b16-15+. The molecule has 0 N–H and O–H groups in total. The zero-order valence-electron chi connectivity index (χ0n) is 29.7. The molecule has 0 bridgehead atoms. The molecular formula is C43H39NO8S. The van der Waals surface area contributed by atoms with Crippen LogP contribution in [0.15, 0.2) is 109 Å². The van der Waals surface area contributed by atoms with Gasteiger partial charge in [-0.3, -0.25) is 0 Å². The number of ether oxygens (including phenoxy) is 3. The number of carbonyl (C=O) groups is 2. The summed E-state index contributed by atoms with van der Waals surface area (Å²) >= 11 is 0. The predicted octanol–water partition coefficient (Wildman–Crippen LogP) is 7.98. The lowest BCUT2D eigenvalue weighted by molar-refractivity contribution is -0.645. The number of esters is 2. The summed E-state index contributed by atoms with van der Waals surface area (Å²) in [7, 11) is -2.72. The number of aromatic nitrogens is 1. The maximum atomic E-state index is 14.4. The Morgan fingerprint density at radius 1 is 0.736 bits per heavy atom. The molecule has 53 heavy (non-hydrogen) atoms. The highest BCUT2D eigenvalue weighted by Crippen LogP contribution is 2.31. The SMILES string of the molecule is COc1ccc(/C=C/c2ccc3c(c2)c(C(=O)Oc2c(C)cc(C(=O)OCc4ccccc4)cc2C)c2ccccc2[n+]3CCCCS(=O)(=O)[O-])cc1. The molecule has 0 saturated carbocycles.